The quantitative estimate of drug-likeness (QED) is 0.565. The largest absolute Gasteiger partial charge is 0.489 e. The summed E-state index contributed by atoms with van der Waals surface area (Å²) < 4.78 is 5.82. The molecule has 5 nitrogen and oxygen atoms in total. The second-order valence-corrected chi connectivity index (χ2v) is 8.39. The van der Waals surface area contributed by atoms with E-state index in [4.69, 9.17) is 4.74 Å². The number of nitrogens with zero attached hydrogens (tertiary/aromatic N) is 3. The normalized spacial score (nSPS) is 17.4. The van der Waals surface area contributed by atoms with Crippen molar-refractivity contribution in [2.45, 2.75) is 19.4 Å². The van der Waals surface area contributed by atoms with E-state index in [1.165, 1.54) is 32.5 Å². The van der Waals surface area contributed by atoms with Gasteiger partial charge in [0.05, 0.1) is 0 Å². The molecule has 0 unspecified atom stereocenters. The van der Waals surface area contributed by atoms with Gasteiger partial charge in [0.15, 0.2) is 0 Å². The fraction of sp³-hybridized carbons (Fsp3) is 0.423. The predicted molar refractivity (Wildman–Crippen MR) is 132 cm³/mol. The van der Waals surface area contributed by atoms with Gasteiger partial charge in [-0.2, -0.15) is 0 Å². The van der Waals surface area contributed by atoms with Crippen molar-refractivity contribution < 1.29 is 9.53 Å². The van der Waals surface area contributed by atoms with E-state index in [-0.39, 0.29) is 18.3 Å². The lowest BCUT2D eigenvalue weighted by molar-refractivity contribution is -0.127. The number of carbonyl (C=O) groups is 1. The van der Waals surface area contributed by atoms with E-state index in [1.54, 1.807) is 6.08 Å². The maximum Gasteiger partial charge on any atom is 0.246 e. The first kappa shape index (κ1) is 24.3. The van der Waals surface area contributed by atoms with Gasteiger partial charge in [0.1, 0.15) is 12.4 Å². The van der Waals surface area contributed by atoms with Crippen LogP contribution in [0.2, 0.25) is 0 Å². The third-order valence-corrected chi connectivity index (χ3v) is 6.16. The third-order valence-electron chi connectivity index (χ3n) is 6.16. The number of amides is 1. The molecule has 0 bridgehead atoms. The fourth-order valence-corrected chi connectivity index (χ4v) is 4.17. The van der Waals surface area contributed by atoms with E-state index in [1.807, 2.05) is 53.4 Å². The molecular formula is C26H34ClN3O2. The van der Waals surface area contributed by atoms with E-state index in [2.05, 4.69) is 21.9 Å². The first-order valence-corrected chi connectivity index (χ1v) is 11.4. The van der Waals surface area contributed by atoms with Gasteiger partial charge >= 0.3 is 0 Å². The zero-order chi connectivity index (χ0) is 21.3. The lowest BCUT2D eigenvalue weighted by Gasteiger charge is -2.35. The number of benzene rings is 2. The zero-order valence-electron chi connectivity index (χ0n) is 18.7. The first-order chi connectivity index (χ1) is 15.3. The second kappa shape index (κ2) is 12.6. The summed E-state index contributed by atoms with van der Waals surface area (Å²) in [7, 11) is 0. The van der Waals surface area contributed by atoms with Crippen molar-refractivity contribution in [1.29, 1.82) is 0 Å². The van der Waals surface area contributed by atoms with Gasteiger partial charge in [0.25, 0.3) is 0 Å². The van der Waals surface area contributed by atoms with Gasteiger partial charge in [0.2, 0.25) is 5.91 Å². The van der Waals surface area contributed by atoms with Crippen molar-refractivity contribution in [1.82, 2.24) is 14.7 Å². The molecule has 2 aliphatic heterocycles. The summed E-state index contributed by atoms with van der Waals surface area (Å²) in [6.45, 7) is 8.92. The van der Waals surface area contributed by atoms with Crippen LogP contribution >= 0.6 is 12.4 Å². The number of hydrogen-bond donors (Lipinski definition) is 0. The maximum absolute atomic E-state index is 12.6. The number of carbonyl (C=O) groups excluding carboxylic acids is 1. The molecule has 2 saturated heterocycles. The van der Waals surface area contributed by atoms with E-state index in [0.29, 0.717) is 6.61 Å². The molecule has 0 N–H and O–H groups in total. The predicted octanol–water partition coefficient (Wildman–Crippen LogP) is 3.94. The van der Waals surface area contributed by atoms with Crippen LogP contribution in [0.15, 0.2) is 60.7 Å². The molecule has 0 aromatic heterocycles. The first-order valence-electron chi connectivity index (χ1n) is 11.4. The SMILES string of the molecule is Cl.O=C(C=Cc1ccc(OCc2ccccc2)cc1)N1CCN(CCN2CCCC2)CC1. The molecule has 0 spiro atoms. The Bertz CT molecular complexity index is 843. The van der Waals surface area contributed by atoms with E-state index in [9.17, 15) is 4.79 Å². The molecule has 0 atom stereocenters. The smallest absolute Gasteiger partial charge is 0.246 e. The fourth-order valence-electron chi connectivity index (χ4n) is 4.17. The summed E-state index contributed by atoms with van der Waals surface area (Å²) >= 11 is 0. The molecule has 2 fully saturated rings. The van der Waals surface area contributed by atoms with Crippen LogP contribution in [0.1, 0.15) is 24.0 Å². The molecule has 4 rings (SSSR count). The molecular weight excluding hydrogens is 422 g/mol. The molecule has 6 heteroatoms. The Balaban J connectivity index is 0.00000289. The van der Waals surface area contributed by atoms with Gasteiger partial charge in [-0.1, -0.05) is 42.5 Å². The Morgan fingerprint density at radius 3 is 2.09 bits per heavy atom. The zero-order valence-corrected chi connectivity index (χ0v) is 19.5. The highest BCUT2D eigenvalue weighted by atomic mass is 35.5. The molecule has 2 aromatic carbocycles. The van der Waals surface area contributed by atoms with Crippen molar-refractivity contribution in [2.75, 3.05) is 52.4 Å². The highest BCUT2D eigenvalue weighted by Crippen LogP contribution is 2.15. The summed E-state index contributed by atoms with van der Waals surface area (Å²) in [6, 6.07) is 18.0. The molecule has 172 valence electrons. The average molecular weight is 456 g/mol. The summed E-state index contributed by atoms with van der Waals surface area (Å²) in [5.74, 6) is 0.931. The molecule has 0 radical (unpaired) electrons. The molecule has 0 saturated carbocycles. The number of likely N-dealkylation sites (tertiary alicyclic amines) is 1. The van der Waals surface area contributed by atoms with Crippen molar-refractivity contribution in [3.05, 3.63) is 71.8 Å². The monoisotopic (exact) mass is 455 g/mol. The van der Waals surface area contributed by atoms with Crippen LogP contribution in [0.5, 0.6) is 5.75 Å². The Labute approximate surface area is 198 Å². The van der Waals surface area contributed by atoms with Crippen molar-refractivity contribution >= 4 is 24.4 Å². The van der Waals surface area contributed by atoms with Gasteiger partial charge in [-0.05, 0) is 55.3 Å². The van der Waals surface area contributed by atoms with Crippen molar-refractivity contribution in [2.24, 2.45) is 0 Å². The number of hydrogen-bond acceptors (Lipinski definition) is 4. The van der Waals surface area contributed by atoms with Gasteiger partial charge in [-0.3, -0.25) is 9.69 Å². The van der Waals surface area contributed by atoms with Crippen LogP contribution in [-0.4, -0.2) is 73.0 Å². The number of rotatable bonds is 8. The van der Waals surface area contributed by atoms with Crippen LogP contribution in [0.4, 0.5) is 0 Å². The summed E-state index contributed by atoms with van der Waals surface area (Å²) in [5.41, 5.74) is 2.15. The molecule has 2 heterocycles. The van der Waals surface area contributed by atoms with Crippen LogP contribution in [0.25, 0.3) is 6.08 Å². The molecule has 32 heavy (non-hydrogen) atoms. The highest BCUT2D eigenvalue weighted by molar-refractivity contribution is 5.91. The Hall–Kier alpha value is -2.34. The Kier molecular flexibility index (Phi) is 9.60. The minimum atomic E-state index is 0. The van der Waals surface area contributed by atoms with Gasteiger partial charge in [0, 0.05) is 45.3 Å². The molecule has 0 aliphatic carbocycles. The van der Waals surface area contributed by atoms with Crippen molar-refractivity contribution in [3.8, 4) is 5.75 Å². The summed E-state index contributed by atoms with van der Waals surface area (Å²) in [4.78, 5) is 19.6. The van der Waals surface area contributed by atoms with Crippen LogP contribution in [-0.2, 0) is 11.4 Å². The van der Waals surface area contributed by atoms with E-state index < -0.39 is 0 Å². The van der Waals surface area contributed by atoms with Gasteiger partial charge in [-0.15, -0.1) is 12.4 Å². The van der Waals surface area contributed by atoms with Crippen LogP contribution < -0.4 is 4.74 Å². The van der Waals surface area contributed by atoms with Gasteiger partial charge < -0.3 is 14.5 Å². The summed E-state index contributed by atoms with van der Waals surface area (Å²) in [5, 5.41) is 0. The van der Waals surface area contributed by atoms with Crippen molar-refractivity contribution in [3.63, 3.8) is 0 Å². The van der Waals surface area contributed by atoms with Gasteiger partial charge in [-0.25, -0.2) is 0 Å². The maximum atomic E-state index is 12.6. The van der Waals surface area contributed by atoms with Crippen LogP contribution in [0.3, 0.4) is 0 Å². The average Bonchev–Trinajstić information content (AvgIpc) is 3.35. The number of ether oxygens (including phenoxy) is 1. The lowest BCUT2D eigenvalue weighted by Crippen LogP contribution is -2.49. The Morgan fingerprint density at radius 2 is 1.44 bits per heavy atom. The highest BCUT2D eigenvalue weighted by Gasteiger charge is 2.20. The molecule has 2 aromatic rings. The topological polar surface area (TPSA) is 36.0 Å². The standard InChI is InChI=1S/C26H33N3O2.ClH/c30-26(29-20-18-28(19-21-29)17-16-27-14-4-5-15-27)13-10-23-8-11-25(12-9-23)31-22-24-6-2-1-3-7-24;/h1-3,6-13H,4-5,14-22H2;1H. The second-order valence-electron chi connectivity index (χ2n) is 8.39. The molecule has 2 aliphatic rings. The summed E-state index contributed by atoms with van der Waals surface area (Å²) in [6.07, 6.45) is 6.28. The lowest BCUT2D eigenvalue weighted by atomic mass is 10.2. The minimum Gasteiger partial charge on any atom is -0.489 e. The number of halogens is 1. The Morgan fingerprint density at radius 1 is 0.812 bits per heavy atom. The number of piperazine rings is 1. The van der Waals surface area contributed by atoms with E-state index in [0.717, 1.165) is 49.6 Å². The minimum absolute atomic E-state index is 0. The van der Waals surface area contributed by atoms with E-state index >= 15 is 0 Å². The van der Waals surface area contributed by atoms with Crippen LogP contribution in [0, 0.1) is 0 Å². The third kappa shape index (κ3) is 7.37. The molecule has 1 amide bonds.